The second-order valence-corrected chi connectivity index (χ2v) is 9.04. The number of nitriles is 2. The van der Waals surface area contributed by atoms with Crippen LogP contribution in [0.25, 0.3) is 37.5 Å². The summed E-state index contributed by atoms with van der Waals surface area (Å²) in [6.07, 6.45) is -5.38. The molecule has 0 saturated heterocycles. The topological polar surface area (TPSA) is 65.5 Å². The molecule has 216 valence electrons. The van der Waals surface area contributed by atoms with Crippen molar-refractivity contribution in [3.8, 4) is 40.1 Å². The van der Waals surface area contributed by atoms with Gasteiger partial charge >= 0.3 is 6.36 Å². The van der Waals surface area contributed by atoms with Crippen LogP contribution in [0.15, 0.2) is 66.4 Å². The molecule has 0 spiro atoms. The molecule has 0 bridgehead atoms. The van der Waals surface area contributed by atoms with Crippen molar-refractivity contribution in [1.82, 2.24) is 0 Å². The Bertz CT molecular complexity index is 1980. The lowest BCUT2D eigenvalue weighted by Gasteiger charge is -2.16. The molecular weight excluding hydrogens is 589 g/mol. The zero-order valence-electron chi connectivity index (χ0n) is 22.1. The van der Waals surface area contributed by atoms with Gasteiger partial charge in [0.1, 0.15) is 11.6 Å². The number of alkyl halides is 3. The van der Waals surface area contributed by atoms with Crippen LogP contribution in [0.2, 0.25) is 0 Å². The minimum absolute atomic E-state index is 0.00764. The van der Waals surface area contributed by atoms with Gasteiger partial charge in [0.15, 0.2) is 17.3 Å². The standard InChI is InChI=1S/C32H13F7N4O/c1-16-24(33)10-21(11-25(16)34)23-9-18(6-7-28(23)42-2)30(29(15-41)43-3)17-4-5-19(14-40)22(8-17)20-12-26(35)31(27(36)13-20)44-32(37,38)39/h4-13H,1H3/b30-29-. The van der Waals surface area contributed by atoms with Crippen LogP contribution in [0.1, 0.15) is 22.3 Å². The first kappa shape index (κ1) is 30.8. The monoisotopic (exact) mass is 602 g/mol. The van der Waals surface area contributed by atoms with Gasteiger partial charge in [-0.1, -0.05) is 24.3 Å². The summed E-state index contributed by atoms with van der Waals surface area (Å²) in [6.45, 7) is 16.3. The summed E-state index contributed by atoms with van der Waals surface area (Å²) in [5.74, 6) is -6.87. The van der Waals surface area contributed by atoms with E-state index in [0.29, 0.717) is 12.1 Å². The van der Waals surface area contributed by atoms with Crippen molar-refractivity contribution in [3.63, 3.8) is 0 Å². The van der Waals surface area contributed by atoms with Crippen molar-refractivity contribution in [1.29, 1.82) is 10.5 Å². The second-order valence-electron chi connectivity index (χ2n) is 9.04. The van der Waals surface area contributed by atoms with Crippen molar-refractivity contribution >= 4 is 11.3 Å². The van der Waals surface area contributed by atoms with Gasteiger partial charge in [-0.15, -0.1) is 13.2 Å². The molecule has 0 aliphatic rings. The normalized spacial score (nSPS) is 11.5. The summed E-state index contributed by atoms with van der Waals surface area (Å²) in [5.41, 5.74) is -1.26. The van der Waals surface area contributed by atoms with E-state index in [1.165, 1.54) is 43.3 Å². The van der Waals surface area contributed by atoms with Gasteiger partial charge in [0.2, 0.25) is 5.75 Å². The van der Waals surface area contributed by atoms with Gasteiger partial charge in [-0.25, -0.2) is 32.5 Å². The van der Waals surface area contributed by atoms with Gasteiger partial charge in [0.25, 0.3) is 5.70 Å². The Morgan fingerprint density at radius 1 is 0.773 bits per heavy atom. The van der Waals surface area contributed by atoms with Crippen LogP contribution in [0.5, 0.6) is 5.75 Å². The highest BCUT2D eigenvalue weighted by Crippen LogP contribution is 2.40. The molecule has 12 heteroatoms. The van der Waals surface area contributed by atoms with Crippen LogP contribution in [-0.4, -0.2) is 6.36 Å². The summed E-state index contributed by atoms with van der Waals surface area (Å²) < 4.78 is 99.2. The van der Waals surface area contributed by atoms with Crippen LogP contribution < -0.4 is 4.74 Å². The van der Waals surface area contributed by atoms with Crippen LogP contribution in [0.4, 0.5) is 36.4 Å². The van der Waals surface area contributed by atoms with Crippen LogP contribution >= 0.6 is 0 Å². The molecule has 0 unspecified atom stereocenters. The van der Waals surface area contributed by atoms with Gasteiger partial charge in [0, 0.05) is 16.7 Å². The number of halogens is 7. The zero-order valence-corrected chi connectivity index (χ0v) is 22.1. The van der Waals surface area contributed by atoms with Crippen molar-refractivity contribution in [2.75, 3.05) is 0 Å². The smallest absolute Gasteiger partial charge is 0.399 e. The highest BCUT2D eigenvalue weighted by molar-refractivity contribution is 5.91. The number of nitrogens with zero attached hydrogens (tertiary/aromatic N) is 4. The van der Waals surface area contributed by atoms with E-state index < -0.39 is 41.1 Å². The number of benzene rings is 4. The number of hydrogen-bond donors (Lipinski definition) is 0. The maximum absolute atomic E-state index is 14.6. The Morgan fingerprint density at radius 2 is 1.30 bits per heavy atom. The molecule has 0 amide bonds. The molecule has 5 nitrogen and oxygen atoms in total. The van der Waals surface area contributed by atoms with Gasteiger partial charge < -0.3 is 4.74 Å². The van der Waals surface area contributed by atoms with E-state index in [1.54, 1.807) is 6.07 Å². The lowest BCUT2D eigenvalue weighted by Crippen LogP contribution is -2.19. The SMILES string of the molecule is [C-]#[N+]/C(C#N)=C(/c1ccc(C#N)c(-c2cc(F)c(OC(F)(F)F)c(F)c2)c1)c1ccc([N+]#[C-])c(-c2cc(F)c(C)c(F)c2)c1. The predicted molar refractivity (Wildman–Crippen MR) is 144 cm³/mol. The Hall–Kier alpha value is -6.11. The minimum atomic E-state index is -5.38. The summed E-state index contributed by atoms with van der Waals surface area (Å²) >= 11 is 0. The molecular formula is C32H13F7N4O. The first-order valence-electron chi connectivity index (χ1n) is 12.1. The second kappa shape index (κ2) is 12.0. The summed E-state index contributed by atoms with van der Waals surface area (Å²) in [7, 11) is 0. The molecule has 44 heavy (non-hydrogen) atoms. The van der Waals surface area contributed by atoms with Crippen molar-refractivity contribution in [2.45, 2.75) is 13.3 Å². The Kier molecular flexibility index (Phi) is 8.42. The maximum Gasteiger partial charge on any atom is 0.573 e. The summed E-state index contributed by atoms with van der Waals surface area (Å²) in [4.78, 5) is 6.63. The first-order chi connectivity index (χ1) is 20.8. The van der Waals surface area contributed by atoms with E-state index in [9.17, 15) is 41.3 Å². The van der Waals surface area contributed by atoms with E-state index in [4.69, 9.17) is 13.1 Å². The third-order valence-corrected chi connectivity index (χ3v) is 6.41. The molecule has 0 aliphatic heterocycles. The molecule has 4 rings (SSSR count). The third kappa shape index (κ3) is 6.06. The molecule has 0 atom stereocenters. The molecule has 4 aromatic carbocycles. The number of allylic oxidation sites excluding steroid dienone is 1. The average Bonchev–Trinajstić information content (AvgIpc) is 2.99. The van der Waals surface area contributed by atoms with E-state index in [1.807, 2.05) is 6.07 Å². The van der Waals surface area contributed by atoms with Crippen molar-refractivity contribution < 1.29 is 35.5 Å². The van der Waals surface area contributed by atoms with Crippen molar-refractivity contribution in [2.24, 2.45) is 0 Å². The lowest BCUT2D eigenvalue weighted by atomic mass is 9.89. The Balaban J connectivity index is 1.97. The number of hydrogen-bond acceptors (Lipinski definition) is 3. The summed E-state index contributed by atoms with van der Waals surface area (Å²) in [6, 6.07) is 14.4. The lowest BCUT2D eigenvalue weighted by molar-refractivity contribution is -0.276. The molecule has 0 N–H and O–H groups in total. The fraction of sp³-hybridized carbons (Fsp3) is 0.0625. The largest absolute Gasteiger partial charge is 0.573 e. The predicted octanol–water partition coefficient (Wildman–Crippen LogP) is 9.41. The molecule has 0 radical (unpaired) electrons. The number of rotatable bonds is 5. The summed E-state index contributed by atoms with van der Waals surface area (Å²) in [5, 5.41) is 19.4. The minimum Gasteiger partial charge on any atom is -0.399 e. The van der Waals surface area contributed by atoms with Gasteiger partial charge in [0.05, 0.1) is 30.8 Å². The Labute approximate surface area is 245 Å². The third-order valence-electron chi connectivity index (χ3n) is 6.41. The first-order valence-corrected chi connectivity index (χ1v) is 12.1. The molecule has 0 fully saturated rings. The highest BCUT2D eigenvalue weighted by atomic mass is 19.4. The highest BCUT2D eigenvalue weighted by Gasteiger charge is 2.34. The molecule has 0 heterocycles. The number of ether oxygens (including phenoxy) is 1. The van der Waals surface area contributed by atoms with Crippen molar-refractivity contribution in [3.05, 3.63) is 135 Å². The van der Waals surface area contributed by atoms with Gasteiger partial charge in [-0.2, -0.15) is 5.26 Å². The van der Waals surface area contributed by atoms with Gasteiger partial charge in [-0.3, -0.25) is 0 Å². The average molecular weight is 602 g/mol. The van der Waals surface area contributed by atoms with E-state index in [2.05, 4.69) is 14.4 Å². The molecule has 4 aromatic rings. The van der Waals surface area contributed by atoms with Crippen LogP contribution in [0, 0.1) is 66.0 Å². The van der Waals surface area contributed by atoms with E-state index in [-0.39, 0.29) is 55.8 Å². The van der Waals surface area contributed by atoms with E-state index in [0.717, 1.165) is 12.1 Å². The quantitative estimate of drug-likeness (QED) is 0.130. The molecule has 0 aromatic heterocycles. The Morgan fingerprint density at radius 3 is 1.80 bits per heavy atom. The van der Waals surface area contributed by atoms with Gasteiger partial charge in [-0.05, 0) is 71.1 Å². The molecule has 0 aliphatic carbocycles. The van der Waals surface area contributed by atoms with Crippen LogP contribution in [0.3, 0.4) is 0 Å². The zero-order chi connectivity index (χ0) is 32.3. The van der Waals surface area contributed by atoms with Crippen LogP contribution in [-0.2, 0) is 0 Å². The fourth-order valence-corrected chi connectivity index (χ4v) is 4.36. The fourth-order valence-electron chi connectivity index (χ4n) is 4.36. The van der Waals surface area contributed by atoms with E-state index >= 15 is 0 Å². The maximum atomic E-state index is 14.6. The molecule has 0 saturated carbocycles.